The third kappa shape index (κ3) is 7.25. The van der Waals surface area contributed by atoms with Crippen LogP contribution in [-0.2, 0) is 4.74 Å². The van der Waals surface area contributed by atoms with Gasteiger partial charge in [0.05, 0.1) is 19.8 Å². The van der Waals surface area contributed by atoms with E-state index in [2.05, 4.69) is 27.1 Å². The van der Waals surface area contributed by atoms with Gasteiger partial charge >= 0.3 is 0 Å². The van der Waals surface area contributed by atoms with E-state index in [1.54, 1.807) is 0 Å². The van der Waals surface area contributed by atoms with Crippen LogP contribution in [0.4, 0.5) is 5.95 Å². The van der Waals surface area contributed by atoms with E-state index in [1.807, 2.05) is 27.1 Å². The van der Waals surface area contributed by atoms with Gasteiger partial charge in [-0.15, -0.1) is 0 Å². The lowest BCUT2D eigenvalue weighted by atomic mass is 10.4. The number of anilines is 1. The molecule has 1 aromatic heterocycles. The molecule has 0 amide bonds. The Kier molecular flexibility index (Phi) is 7.91. The molecule has 6 nitrogen and oxygen atoms in total. The van der Waals surface area contributed by atoms with E-state index < -0.39 is 0 Å². The van der Waals surface area contributed by atoms with Gasteiger partial charge in [0.1, 0.15) is 0 Å². The molecule has 0 aliphatic rings. The fourth-order valence-corrected chi connectivity index (χ4v) is 1.48. The van der Waals surface area contributed by atoms with Crippen molar-refractivity contribution in [1.82, 2.24) is 14.9 Å². The van der Waals surface area contributed by atoms with Crippen molar-refractivity contribution >= 4 is 5.95 Å². The first kappa shape index (κ1) is 16.7. The largest absolute Gasteiger partial charge is 0.478 e. The predicted octanol–water partition coefficient (Wildman–Crippen LogP) is 1.56. The van der Waals surface area contributed by atoms with Gasteiger partial charge in [0.15, 0.2) is 0 Å². The molecule has 20 heavy (non-hydrogen) atoms. The van der Waals surface area contributed by atoms with E-state index in [4.69, 9.17) is 9.47 Å². The van der Waals surface area contributed by atoms with Crippen molar-refractivity contribution < 1.29 is 9.47 Å². The summed E-state index contributed by atoms with van der Waals surface area (Å²) in [6, 6.07) is 1.84. The molecule has 1 N–H and O–H groups in total. The first-order valence-corrected chi connectivity index (χ1v) is 7.06. The van der Waals surface area contributed by atoms with Crippen LogP contribution in [0.25, 0.3) is 0 Å². The number of hydrogen-bond donors (Lipinski definition) is 1. The Labute approximate surface area is 121 Å². The Morgan fingerprint density at radius 3 is 2.70 bits per heavy atom. The van der Waals surface area contributed by atoms with Gasteiger partial charge in [-0.1, -0.05) is 6.92 Å². The predicted molar refractivity (Wildman–Crippen MR) is 80.4 cm³/mol. The van der Waals surface area contributed by atoms with Gasteiger partial charge in [-0.05, 0) is 27.4 Å². The summed E-state index contributed by atoms with van der Waals surface area (Å²) in [7, 11) is 4.06. The third-order valence-corrected chi connectivity index (χ3v) is 2.50. The summed E-state index contributed by atoms with van der Waals surface area (Å²) in [6.45, 7) is 7.64. The molecule has 0 saturated carbocycles. The molecule has 114 valence electrons. The molecule has 1 rings (SSSR count). The van der Waals surface area contributed by atoms with Gasteiger partial charge in [-0.2, -0.15) is 4.98 Å². The van der Waals surface area contributed by atoms with Gasteiger partial charge in [0, 0.05) is 24.8 Å². The fourth-order valence-electron chi connectivity index (χ4n) is 1.48. The highest BCUT2D eigenvalue weighted by Crippen LogP contribution is 2.11. The molecule has 0 aliphatic heterocycles. The first-order chi connectivity index (χ1) is 9.61. The van der Waals surface area contributed by atoms with Crippen LogP contribution in [0.5, 0.6) is 5.88 Å². The summed E-state index contributed by atoms with van der Waals surface area (Å²) in [5.41, 5.74) is 0.891. The smallest absolute Gasteiger partial charge is 0.226 e. The topological polar surface area (TPSA) is 59.5 Å². The number of hydrogen-bond acceptors (Lipinski definition) is 6. The summed E-state index contributed by atoms with van der Waals surface area (Å²) in [5.74, 6) is 1.21. The van der Waals surface area contributed by atoms with E-state index in [9.17, 15) is 0 Å². The van der Waals surface area contributed by atoms with Crippen molar-refractivity contribution in [2.24, 2.45) is 0 Å². The Balaban J connectivity index is 2.30. The van der Waals surface area contributed by atoms with E-state index in [0.29, 0.717) is 31.6 Å². The zero-order valence-corrected chi connectivity index (χ0v) is 13.0. The maximum absolute atomic E-state index is 5.52. The fraction of sp³-hybridized carbons (Fsp3) is 0.714. The summed E-state index contributed by atoms with van der Waals surface area (Å²) in [4.78, 5) is 10.7. The van der Waals surface area contributed by atoms with Gasteiger partial charge in [-0.25, -0.2) is 4.98 Å². The van der Waals surface area contributed by atoms with Crippen molar-refractivity contribution in [2.75, 3.05) is 52.3 Å². The molecule has 0 saturated heterocycles. The van der Waals surface area contributed by atoms with Crippen LogP contribution in [0.3, 0.4) is 0 Å². The average Bonchev–Trinajstić information content (AvgIpc) is 2.39. The van der Waals surface area contributed by atoms with Gasteiger partial charge in [0.2, 0.25) is 11.8 Å². The van der Waals surface area contributed by atoms with Crippen LogP contribution in [0.15, 0.2) is 6.07 Å². The number of aryl methyl sites for hydroxylation is 1. The molecule has 0 unspecified atom stereocenters. The standard InChI is InChI=1S/C14H26N4O2/c1-5-8-20-13-11-12(2)16-14(17-13)15-6-9-19-10-7-18(3)4/h11H,5-10H2,1-4H3,(H,15,16,17). The Morgan fingerprint density at radius 2 is 2.00 bits per heavy atom. The minimum absolute atomic E-state index is 0.590. The zero-order valence-electron chi connectivity index (χ0n) is 13.0. The number of ether oxygens (including phenoxy) is 2. The molecule has 0 radical (unpaired) electrons. The number of nitrogens with zero attached hydrogens (tertiary/aromatic N) is 3. The minimum Gasteiger partial charge on any atom is -0.478 e. The third-order valence-electron chi connectivity index (χ3n) is 2.50. The highest BCUT2D eigenvalue weighted by Gasteiger charge is 2.02. The van der Waals surface area contributed by atoms with E-state index >= 15 is 0 Å². The van der Waals surface area contributed by atoms with Crippen LogP contribution in [0.1, 0.15) is 19.0 Å². The first-order valence-electron chi connectivity index (χ1n) is 7.06. The van der Waals surface area contributed by atoms with Crippen molar-refractivity contribution in [3.8, 4) is 5.88 Å². The molecule has 1 aromatic rings. The summed E-state index contributed by atoms with van der Waals surface area (Å²) >= 11 is 0. The second-order valence-electron chi connectivity index (χ2n) is 4.86. The van der Waals surface area contributed by atoms with Gasteiger partial charge in [-0.3, -0.25) is 0 Å². The molecule has 0 aromatic carbocycles. The van der Waals surface area contributed by atoms with Gasteiger partial charge < -0.3 is 19.7 Å². The van der Waals surface area contributed by atoms with Crippen molar-refractivity contribution in [3.63, 3.8) is 0 Å². The monoisotopic (exact) mass is 282 g/mol. The molecule has 0 bridgehead atoms. The normalized spacial score (nSPS) is 10.8. The number of aromatic nitrogens is 2. The zero-order chi connectivity index (χ0) is 14.8. The maximum Gasteiger partial charge on any atom is 0.226 e. The number of rotatable bonds is 10. The van der Waals surface area contributed by atoms with Crippen LogP contribution in [0, 0.1) is 6.92 Å². The lowest BCUT2D eigenvalue weighted by Gasteiger charge is -2.11. The highest BCUT2D eigenvalue weighted by atomic mass is 16.5. The number of nitrogens with one attached hydrogen (secondary N) is 1. The van der Waals surface area contributed by atoms with Crippen LogP contribution in [-0.4, -0.2) is 61.9 Å². The Bertz CT molecular complexity index is 385. The summed E-state index contributed by atoms with van der Waals surface area (Å²) in [6.07, 6.45) is 0.964. The van der Waals surface area contributed by atoms with Crippen molar-refractivity contribution in [3.05, 3.63) is 11.8 Å². The maximum atomic E-state index is 5.52. The lowest BCUT2D eigenvalue weighted by molar-refractivity contribution is 0.126. The van der Waals surface area contributed by atoms with Crippen LogP contribution < -0.4 is 10.1 Å². The number of likely N-dealkylation sites (N-methyl/N-ethyl adjacent to an activating group) is 1. The van der Waals surface area contributed by atoms with E-state index in [-0.39, 0.29) is 0 Å². The molecular weight excluding hydrogens is 256 g/mol. The molecule has 0 fully saturated rings. The van der Waals surface area contributed by atoms with E-state index in [0.717, 1.165) is 25.3 Å². The molecule has 0 aliphatic carbocycles. The second-order valence-corrected chi connectivity index (χ2v) is 4.86. The highest BCUT2D eigenvalue weighted by molar-refractivity contribution is 5.30. The Hall–Kier alpha value is -1.40. The van der Waals surface area contributed by atoms with Gasteiger partial charge in [0.25, 0.3) is 0 Å². The summed E-state index contributed by atoms with van der Waals surface area (Å²) < 4.78 is 11.0. The Morgan fingerprint density at radius 1 is 1.20 bits per heavy atom. The molecule has 1 heterocycles. The minimum atomic E-state index is 0.590. The molecule has 0 atom stereocenters. The lowest BCUT2D eigenvalue weighted by Crippen LogP contribution is -2.20. The summed E-state index contributed by atoms with van der Waals surface area (Å²) in [5, 5.41) is 3.15. The van der Waals surface area contributed by atoms with E-state index in [1.165, 1.54) is 0 Å². The van der Waals surface area contributed by atoms with Crippen molar-refractivity contribution in [1.29, 1.82) is 0 Å². The van der Waals surface area contributed by atoms with Crippen LogP contribution in [0.2, 0.25) is 0 Å². The molecule has 0 spiro atoms. The molecular formula is C14H26N4O2. The second kappa shape index (κ2) is 9.50. The SMILES string of the molecule is CCCOc1cc(C)nc(NCCOCCN(C)C)n1. The van der Waals surface area contributed by atoms with Crippen molar-refractivity contribution in [2.45, 2.75) is 20.3 Å². The molecule has 6 heteroatoms. The average molecular weight is 282 g/mol. The quantitative estimate of drug-likeness (QED) is 0.657. The van der Waals surface area contributed by atoms with Crippen LogP contribution >= 0.6 is 0 Å².